The number of thiocarbonyl (C=S) groups is 1. The highest BCUT2D eigenvalue weighted by Crippen LogP contribution is 2.24. The molecule has 0 aliphatic carbocycles. The number of hydrogen-bond acceptors (Lipinski definition) is 7. The molecule has 4 unspecified atom stereocenters. The first-order valence-electron chi connectivity index (χ1n) is 9.43. The molecule has 1 fully saturated rings. The second kappa shape index (κ2) is 10.3. The van der Waals surface area contributed by atoms with Crippen LogP contribution in [0.2, 0.25) is 0 Å². The van der Waals surface area contributed by atoms with Gasteiger partial charge >= 0.3 is 11.9 Å². The van der Waals surface area contributed by atoms with Crippen LogP contribution in [-0.4, -0.2) is 55.2 Å². The number of carbonyl (C=O) groups is 2. The Kier molecular flexibility index (Phi) is 7.51. The third-order valence-electron chi connectivity index (χ3n) is 4.55. The van der Waals surface area contributed by atoms with E-state index in [-0.39, 0.29) is 6.61 Å². The number of ether oxygens (including phenoxy) is 4. The smallest absolute Gasteiger partial charge is 0.338 e. The Hall–Kier alpha value is -2.81. The summed E-state index contributed by atoms with van der Waals surface area (Å²) in [7, 11) is 1.43. The van der Waals surface area contributed by atoms with Crippen LogP contribution >= 0.6 is 12.2 Å². The van der Waals surface area contributed by atoms with Gasteiger partial charge in [-0.05, 0) is 31.2 Å². The summed E-state index contributed by atoms with van der Waals surface area (Å²) in [4.78, 5) is 25.9. The van der Waals surface area contributed by atoms with Gasteiger partial charge in [0.25, 0.3) is 0 Å². The van der Waals surface area contributed by atoms with Gasteiger partial charge in [0.1, 0.15) is 0 Å². The lowest BCUT2D eigenvalue weighted by Gasteiger charge is -2.41. The molecule has 8 heteroatoms. The van der Waals surface area contributed by atoms with E-state index in [9.17, 15) is 9.59 Å². The minimum absolute atomic E-state index is 0.151. The normalized spacial score (nSPS) is 23.3. The van der Waals surface area contributed by atoms with Crippen molar-refractivity contribution in [1.82, 2.24) is 5.32 Å². The van der Waals surface area contributed by atoms with Gasteiger partial charge in [0, 0.05) is 7.11 Å². The average Bonchev–Trinajstić information content (AvgIpc) is 2.76. The molecule has 0 radical (unpaired) electrons. The Balaban J connectivity index is 1.87. The highest BCUT2D eigenvalue weighted by molar-refractivity contribution is 7.80. The lowest BCUT2D eigenvalue weighted by molar-refractivity contribution is -0.239. The topological polar surface area (TPSA) is 83.1 Å². The standard InChI is InChI=1S/C22H23NO6S/c1-14(30)23-17-13-27-22(26-2)19(29-21(25)16-11-7-4-8-12-16)18(17)28-20(24)15-9-5-3-6-10-15/h3-12,17-19,22H,13H2,1-2H3,(H,23,30). The molecule has 2 aromatic rings. The van der Waals surface area contributed by atoms with Crippen molar-refractivity contribution in [3.05, 3.63) is 71.8 Å². The van der Waals surface area contributed by atoms with Crippen molar-refractivity contribution in [3.8, 4) is 0 Å². The summed E-state index contributed by atoms with van der Waals surface area (Å²) in [6.45, 7) is 1.86. The van der Waals surface area contributed by atoms with Crippen molar-refractivity contribution in [3.63, 3.8) is 0 Å². The molecule has 0 amide bonds. The first kappa shape index (κ1) is 21.9. The molecule has 0 bridgehead atoms. The zero-order chi connectivity index (χ0) is 21.5. The fraction of sp³-hybridized carbons (Fsp3) is 0.318. The molecule has 0 saturated carbocycles. The SMILES string of the molecule is COC1OCC(NC(C)=S)C(OC(=O)c2ccccc2)C1OC(=O)c1ccccc1. The molecular weight excluding hydrogens is 406 g/mol. The van der Waals surface area contributed by atoms with Gasteiger partial charge in [-0.1, -0.05) is 48.6 Å². The molecule has 0 spiro atoms. The number of esters is 2. The van der Waals surface area contributed by atoms with Crippen LogP contribution in [-0.2, 0) is 18.9 Å². The van der Waals surface area contributed by atoms with E-state index >= 15 is 0 Å². The van der Waals surface area contributed by atoms with Crippen LogP contribution in [0.4, 0.5) is 0 Å². The third-order valence-corrected chi connectivity index (χ3v) is 4.67. The number of nitrogens with one attached hydrogen (secondary N) is 1. The number of carbonyl (C=O) groups excluding carboxylic acids is 2. The van der Waals surface area contributed by atoms with Crippen LogP contribution in [0.25, 0.3) is 0 Å². The van der Waals surface area contributed by atoms with E-state index in [1.807, 2.05) is 0 Å². The van der Waals surface area contributed by atoms with Gasteiger partial charge in [0.15, 0.2) is 18.5 Å². The van der Waals surface area contributed by atoms with E-state index in [1.54, 1.807) is 67.6 Å². The first-order valence-corrected chi connectivity index (χ1v) is 9.84. The summed E-state index contributed by atoms with van der Waals surface area (Å²) >= 11 is 5.15. The Morgan fingerprint density at radius 3 is 1.90 bits per heavy atom. The van der Waals surface area contributed by atoms with Crippen LogP contribution < -0.4 is 5.32 Å². The summed E-state index contributed by atoms with van der Waals surface area (Å²) in [5.41, 5.74) is 0.741. The number of methoxy groups -OCH3 is 1. The van der Waals surface area contributed by atoms with Gasteiger partial charge in [-0.3, -0.25) is 0 Å². The molecule has 1 heterocycles. The van der Waals surface area contributed by atoms with Crippen LogP contribution in [0.15, 0.2) is 60.7 Å². The molecule has 158 valence electrons. The van der Waals surface area contributed by atoms with Crippen molar-refractivity contribution in [1.29, 1.82) is 0 Å². The predicted octanol–water partition coefficient (Wildman–Crippen LogP) is 2.75. The van der Waals surface area contributed by atoms with Crippen molar-refractivity contribution in [2.45, 2.75) is 31.5 Å². The summed E-state index contributed by atoms with van der Waals surface area (Å²) in [5, 5.41) is 3.06. The fourth-order valence-electron chi connectivity index (χ4n) is 3.16. The largest absolute Gasteiger partial charge is 0.452 e. The number of rotatable bonds is 6. The summed E-state index contributed by atoms with van der Waals surface area (Å²) in [5.74, 6) is -1.13. The summed E-state index contributed by atoms with van der Waals surface area (Å²) < 4.78 is 22.5. The molecule has 1 aliphatic heterocycles. The van der Waals surface area contributed by atoms with Crippen molar-refractivity contribution < 1.29 is 28.5 Å². The Bertz CT molecular complexity index is 876. The van der Waals surface area contributed by atoms with Crippen LogP contribution in [0.5, 0.6) is 0 Å². The van der Waals surface area contributed by atoms with Gasteiger partial charge in [-0.15, -0.1) is 0 Å². The van der Waals surface area contributed by atoms with E-state index in [4.69, 9.17) is 31.2 Å². The zero-order valence-corrected chi connectivity index (χ0v) is 17.5. The van der Waals surface area contributed by atoms with Gasteiger partial charge in [-0.25, -0.2) is 9.59 Å². The zero-order valence-electron chi connectivity index (χ0n) is 16.6. The number of benzene rings is 2. The highest BCUT2D eigenvalue weighted by Gasteiger charge is 2.46. The lowest BCUT2D eigenvalue weighted by atomic mass is 10.0. The summed E-state index contributed by atoms with van der Waals surface area (Å²) in [6.07, 6.45) is -2.80. The van der Waals surface area contributed by atoms with Crippen LogP contribution in [0.3, 0.4) is 0 Å². The molecular formula is C22H23NO6S. The molecule has 3 rings (SSSR count). The Labute approximate surface area is 180 Å². The molecule has 1 N–H and O–H groups in total. The average molecular weight is 429 g/mol. The second-order valence-electron chi connectivity index (χ2n) is 6.72. The van der Waals surface area contributed by atoms with E-state index in [0.29, 0.717) is 16.1 Å². The third kappa shape index (κ3) is 5.41. The molecule has 1 aliphatic rings. The van der Waals surface area contributed by atoms with Gasteiger partial charge < -0.3 is 24.3 Å². The molecule has 1 saturated heterocycles. The summed E-state index contributed by atoms with van der Waals surface area (Å²) in [6, 6.07) is 16.6. The van der Waals surface area contributed by atoms with Crippen LogP contribution in [0, 0.1) is 0 Å². The van der Waals surface area contributed by atoms with Crippen molar-refractivity contribution >= 4 is 29.1 Å². The quantitative estimate of drug-likeness (QED) is 0.555. The van der Waals surface area contributed by atoms with Crippen LogP contribution in [0.1, 0.15) is 27.6 Å². The predicted molar refractivity (Wildman–Crippen MR) is 113 cm³/mol. The first-order chi connectivity index (χ1) is 14.5. The molecule has 2 aromatic carbocycles. The van der Waals surface area contributed by atoms with E-state index in [2.05, 4.69) is 5.32 Å². The lowest BCUT2D eigenvalue weighted by Crippen LogP contribution is -2.61. The van der Waals surface area contributed by atoms with E-state index < -0.39 is 36.5 Å². The fourth-order valence-corrected chi connectivity index (χ4v) is 3.31. The Morgan fingerprint density at radius 2 is 1.43 bits per heavy atom. The minimum atomic E-state index is -1.00. The van der Waals surface area contributed by atoms with E-state index in [1.165, 1.54) is 7.11 Å². The maximum Gasteiger partial charge on any atom is 0.338 e. The highest BCUT2D eigenvalue weighted by atomic mass is 32.1. The molecule has 0 aromatic heterocycles. The molecule has 30 heavy (non-hydrogen) atoms. The maximum absolute atomic E-state index is 12.7. The maximum atomic E-state index is 12.7. The minimum Gasteiger partial charge on any atom is -0.452 e. The van der Waals surface area contributed by atoms with Crippen molar-refractivity contribution in [2.75, 3.05) is 13.7 Å². The Morgan fingerprint density at radius 1 is 0.933 bits per heavy atom. The van der Waals surface area contributed by atoms with Gasteiger partial charge in [0.2, 0.25) is 0 Å². The molecule has 4 atom stereocenters. The monoisotopic (exact) mass is 429 g/mol. The van der Waals surface area contributed by atoms with E-state index in [0.717, 1.165) is 0 Å². The molecule has 7 nitrogen and oxygen atoms in total. The number of hydrogen-bond donors (Lipinski definition) is 1. The second-order valence-corrected chi connectivity index (χ2v) is 7.33. The van der Waals surface area contributed by atoms with Gasteiger partial charge in [0.05, 0.1) is 28.8 Å². The van der Waals surface area contributed by atoms with Gasteiger partial charge in [-0.2, -0.15) is 0 Å². The van der Waals surface area contributed by atoms with Crippen molar-refractivity contribution in [2.24, 2.45) is 0 Å².